The number of allylic oxidation sites excluding steroid dienone is 2. The molecule has 0 saturated carbocycles. The Bertz CT molecular complexity index is 4460. The maximum atomic E-state index is 4.10. The van der Waals surface area contributed by atoms with E-state index in [1.807, 2.05) is 12.2 Å². The van der Waals surface area contributed by atoms with Crippen molar-refractivity contribution in [1.29, 1.82) is 0 Å². The van der Waals surface area contributed by atoms with Crippen LogP contribution in [0.1, 0.15) is 75.6 Å². The molecule has 0 aromatic heterocycles. The van der Waals surface area contributed by atoms with Crippen molar-refractivity contribution in [2.24, 2.45) is 10.8 Å². The molecule has 10 aromatic carbocycles. The first-order chi connectivity index (χ1) is 45.4. The predicted molar refractivity (Wildman–Crippen MR) is 405 cm³/mol. The standard InChI is InChI=1S/2C44H41P2.Fe/c2*1-4-35-28-30-36(31-29-35)19-17-18-32-44(2,3)37-33-42(45(38-20-9-5-10-21-38)39-22-11-6-12-23-39)43(34-37)46(40-24-13-7-14-25-40)41-26-15-8-16-27-41;/h2*4-17,19-31,33-34H,1,18,32H2,2-3H3;. The Kier molecular flexibility index (Phi) is 8.88. The van der Waals surface area contributed by atoms with Crippen LogP contribution in [-0.2, 0) is 6.51 Å². The fourth-order valence-electron chi connectivity index (χ4n) is 33.4. The first-order valence-electron chi connectivity index (χ1n) is 34.0. The topological polar surface area (TPSA) is 0 Å². The Balaban J connectivity index is 0.982. The Morgan fingerprint density at radius 3 is 0.688 bits per heavy atom. The molecule has 5 heteroatoms. The van der Waals surface area contributed by atoms with Gasteiger partial charge in [-0.05, 0) is 0 Å². The predicted octanol–water partition coefficient (Wildman–Crippen LogP) is 20.6. The molecule has 0 amide bonds. The van der Waals surface area contributed by atoms with Crippen LogP contribution < -0.4 is 42.4 Å². The SMILES string of the molecule is C=Cc1ccc(C=CCCC(C)(C)[C]23[CH]4[C]5(P(c6ccccc6)c6ccccc6)[C]6(P(c7ccccc7)c7ccccc7)[CH]2[Fe]43562789[CH]3[C]2(C(C)(C)CCC=Cc2ccc(C=C)cc2)[CH]7[C]8(P(c2ccccc2)c2ccccc2)[C]39P(c2ccccc2)c2ccccc2)cc1. The molecule has 10 aliphatic rings. The van der Waals surface area contributed by atoms with E-state index in [0.717, 1.165) is 12.8 Å². The second kappa shape index (κ2) is 14.6. The van der Waals surface area contributed by atoms with Crippen LogP contribution in [0.5, 0.6) is 0 Å². The molecule has 10 fully saturated rings. The third kappa shape index (κ3) is 2.92. The normalized spacial score (nSPS) is 35.8. The summed E-state index contributed by atoms with van der Waals surface area (Å²) in [4.78, 5) is 2.67. The molecule has 93 heavy (non-hydrogen) atoms. The van der Waals surface area contributed by atoms with Crippen molar-refractivity contribution in [2.75, 3.05) is 0 Å². The summed E-state index contributed by atoms with van der Waals surface area (Å²) in [5.74, 6) is 0. The van der Waals surface area contributed by atoms with Crippen LogP contribution in [0, 0.1) is 10.8 Å². The molecule has 0 radical (unpaired) electrons. The van der Waals surface area contributed by atoms with Crippen molar-refractivity contribution in [2.45, 2.75) is 97.5 Å². The van der Waals surface area contributed by atoms with E-state index in [-0.39, 0.29) is 35.7 Å². The van der Waals surface area contributed by atoms with E-state index in [9.17, 15) is 0 Å². The van der Waals surface area contributed by atoms with Crippen molar-refractivity contribution >= 4 is 98.4 Å². The molecule has 10 aliphatic heterocycles. The molecular weight excluding hydrogens is 1240 g/mol. The summed E-state index contributed by atoms with van der Waals surface area (Å²) in [5, 5.41) is 13.1. The zero-order valence-corrected chi connectivity index (χ0v) is 58.6. The van der Waals surface area contributed by atoms with Crippen molar-refractivity contribution in [3.63, 3.8) is 0 Å². The molecule has 8 atom stereocenters. The van der Waals surface area contributed by atoms with Crippen molar-refractivity contribution in [3.8, 4) is 0 Å². The molecule has 0 nitrogen and oxygen atoms in total. The van der Waals surface area contributed by atoms with Gasteiger partial charge in [-0.3, -0.25) is 0 Å². The monoisotopic (exact) mass is 1320 g/mol. The molecule has 10 saturated heterocycles. The van der Waals surface area contributed by atoms with Gasteiger partial charge in [0.25, 0.3) is 0 Å². The molecule has 10 aromatic rings. The number of hydrogen-bond donors (Lipinski definition) is 0. The summed E-state index contributed by atoms with van der Waals surface area (Å²) in [6.07, 6.45) is 18.5. The minimum absolute atomic E-state index is 0.00508. The number of fused-ring (bicyclic) bond motifs is 10. The van der Waals surface area contributed by atoms with Crippen LogP contribution in [0.15, 0.2) is 316 Å². The fourth-order valence-corrected chi connectivity index (χ4v) is 180. The van der Waals surface area contributed by atoms with Gasteiger partial charge in [-0.25, -0.2) is 0 Å². The first kappa shape index (κ1) is 56.7. The molecule has 462 valence electrons. The molecule has 0 bridgehead atoms. The second-order valence-corrected chi connectivity index (χ2v) is 64.5. The number of benzene rings is 10. The zero-order chi connectivity index (χ0) is 62.9. The third-order valence-corrected chi connectivity index (χ3v) is 104. The molecule has 8 unspecified atom stereocenters. The van der Waals surface area contributed by atoms with Crippen molar-refractivity contribution < 1.29 is 6.51 Å². The third-order valence-electron chi connectivity index (χ3n) is 31.4. The van der Waals surface area contributed by atoms with Crippen LogP contribution in [0.2, 0.25) is 27.9 Å². The average Bonchev–Trinajstić information content (AvgIpc) is 1.01. The van der Waals surface area contributed by atoms with Crippen molar-refractivity contribution in [1.82, 2.24) is 0 Å². The Morgan fingerprint density at radius 1 is 0.301 bits per heavy atom. The first-order valence-corrected chi connectivity index (χ1v) is 45.2. The molecule has 1 spiro atoms. The minimum atomic E-state index is -6.63. The van der Waals surface area contributed by atoms with Gasteiger partial charge in [-0.15, -0.1) is 0 Å². The van der Waals surface area contributed by atoms with E-state index in [4.69, 9.17) is 0 Å². The summed E-state index contributed by atoms with van der Waals surface area (Å²) in [5.41, 5.74) is 4.90. The average molecular weight is 1320 g/mol. The molecule has 0 N–H and O–H groups in total. The van der Waals surface area contributed by atoms with Gasteiger partial charge in [0, 0.05) is 0 Å². The van der Waals surface area contributed by atoms with Crippen molar-refractivity contribution in [3.05, 3.63) is 339 Å². The quantitative estimate of drug-likeness (QED) is 0.0418. The van der Waals surface area contributed by atoms with Gasteiger partial charge in [0.15, 0.2) is 0 Å². The molecule has 10 heterocycles. The molecule has 20 rings (SSSR count). The Labute approximate surface area is 547 Å². The van der Waals surface area contributed by atoms with Crippen LogP contribution in [-0.4, -0.2) is 16.2 Å². The van der Waals surface area contributed by atoms with Gasteiger partial charge in [0.05, 0.1) is 0 Å². The molecular formula is C88H82FeP4. The summed E-state index contributed by atoms with van der Waals surface area (Å²) in [7, 11) is -3.93. The Hall–Kier alpha value is -6.60. The number of rotatable bonds is 24. The van der Waals surface area contributed by atoms with Gasteiger partial charge in [-0.1, -0.05) is 0 Å². The van der Waals surface area contributed by atoms with E-state index in [1.54, 1.807) is 42.4 Å². The van der Waals surface area contributed by atoms with Gasteiger partial charge >= 0.3 is 552 Å². The van der Waals surface area contributed by atoms with Crippen LogP contribution in [0.3, 0.4) is 0 Å². The van der Waals surface area contributed by atoms with Gasteiger partial charge < -0.3 is 0 Å². The zero-order valence-electron chi connectivity index (χ0n) is 53.9. The number of hydrogen-bond acceptors (Lipinski definition) is 0. The van der Waals surface area contributed by atoms with Crippen LogP contribution in [0.4, 0.5) is 0 Å². The van der Waals surface area contributed by atoms with E-state index < -0.39 is 38.2 Å². The maximum absolute atomic E-state index is 6.63. The Morgan fingerprint density at radius 2 is 0.495 bits per heavy atom. The summed E-state index contributed by atoms with van der Waals surface area (Å²) >= 11 is 0. The van der Waals surface area contributed by atoms with Crippen LogP contribution >= 0.6 is 31.7 Å². The fraction of sp³-hybridized carbons (Fsp3) is 0.227. The van der Waals surface area contributed by atoms with E-state index in [1.165, 1.54) is 35.1 Å². The van der Waals surface area contributed by atoms with Gasteiger partial charge in [0.1, 0.15) is 0 Å². The summed E-state index contributed by atoms with van der Waals surface area (Å²) < 4.78 is 0.712. The summed E-state index contributed by atoms with van der Waals surface area (Å²) in [6.45, 7) is 13.4. The summed E-state index contributed by atoms with van der Waals surface area (Å²) in [6, 6.07) is 119. The second-order valence-electron chi connectivity index (χ2n) is 31.4. The van der Waals surface area contributed by atoms with Gasteiger partial charge in [-0.2, -0.15) is 0 Å². The van der Waals surface area contributed by atoms with E-state index in [2.05, 4.69) is 356 Å². The molecule has 0 aliphatic carbocycles. The van der Waals surface area contributed by atoms with Gasteiger partial charge in [0.2, 0.25) is 0 Å². The van der Waals surface area contributed by atoms with Crippen LogP contribution in [0.25, 0.3) is 24.3 Å². The van der Waals surface area contributed by atoms with E-state index >= 15 is 0 Å². The van der Waals surface area contributed by atoms with E-state index in [0.29, 0.717) is 19.3 Å².